The summed E-state index contributed by atoms with van der Waals surface area (Å²) < 4.78 is 5.46. The fourth-order valence-corrected chi connectivity index (χ4v) is 3.11. The van der Waals surface area contributed by atoms with Crippen LogP contribution in [0.15, 0.2) is 29.3 Å². The maximum atomic E-state index is 5.46. The first-order valence-electron chi connectivity index (χ1n) is 9.40. The summed E-state index contributed by atoms with van der Waals surface area (Å²) in [5.74, 6) is 0.837. The number of benzene rings is 1. The van der Waals surface area contributed by atoms with E-state index < -0.39 is 0 Å². The molecular formula is C20H36IN5O. The number of nitrogens with one attached hydrogen (secondary N) is 2. The highest BCUT2D eigenvalue weighted by Crippen LogP contribution is 2.15. The summed E-state index contributed by atoms with van der Waals surface area (Å²) in [4.78, 5) is 9.00. The minimum absolute atomic E-state index is 0. The zero-order valence-corrected chi connectivity index (χ0v) is 19.7. The third-order valence-corrected chi connectivity index (χ3v) is 4.76. The second kappa shape index (κ2) is 11.8. The van der Waals surface area contributed by atoms with Crippen LogP contribution < -0.4 is 10.6 Å². The van der Waals surface area contributed by atoms with E-state index in [1.165, 1.54) is 11.1 Å². The molecule has 2 N–H and O–H groups in total. The van der Waals surface area contributed by atoms with Crippen LogP contribution in [-0.4, -0.2) is 75.3 Å². The van der Waals surface area contributed by atoms with Crippen LogP contribution in [0.25, 0.3) is 0 Å². The van der Waals surface area contributed by atoms with Gasteiger partial charge in [0.25, 0.3) is 0 Å². The van der Waals surface area contributed by atoms with E-state index in [1.54, 1.807) is 0 Å². The monoisotopic (exact) mass is 489 g/mol. The molecule has 0 aromatic heterocycles. The summed E-state index contributed by atoms with van der Waals surface area (Å²) in [7, 11) is 5.99. The Morgan fingerprint density at radius 1 is 1.11 bits per heavy atom. The highest BCUT2D eigenvalue weighted by Gasteiger charge is 2.28. The van der Waals surface area contributed by atoms with Gasteiger partial charge in [0.1, 0.15) is 0 Å². The lowest BCUT2D eigenvalue weighted by Crippen LogP contribution is -2.56. The van der Waals surface area contributed by atoms with Crippen LogP contribution in [-0.2, 0) is 17.8 Å². The van der Waals surface area contributed by atoms with Crippen molar-refractivity contribution < 1.29 is 4.74 Å². The smallest absolute Gasteiger partial charge is 0.191 e. The van der Waals surface area contributed by atoms with Gasteiger partial charge in [0.2, 0.25) is 0 Å². The first kappa shape index (κ1) is 24.1. The lowest BCUT2D eigenvalue weighted by Gasteiger charge is -2.41. The Morgan fingerprint density at radius 3 is 2.26 bits per heavy atom. The van der Waals surface area contributed by atoms with Crippen molar-refractivity contribution in [3.8, 4) is 0 Å². The number of hydrogen-bond donors (Lipinski definition) is 2. The Morgan fingerprint density at radius 2 is 1.70 bits per heavy atom. The van der Waals surface area contributed by atoms with Gasteiger partial charge in [0.05, 0.1) is 13.2 Å². The van der Waals surface area contributed by atoms with Crippen molar-refractivity contribution in [1.82, 2.24) is 20.4 Å². The largest absolute Gasteiger partial charge is 0.379 e. The molecular weight excluding hydrogens is 453 g/mol. The van der Waals surface area contributed by atoms with Gasteiger partial charge in [-0.05, 0) is 39.1 Å². The van der Waals surface area contributed by atoms with Crippen molar-refractivity contribution in [2.24, 2.45) is 4.99 Å². The summed E-state index contributed by atoms with van der Waals surface area (Å²) in [5.41, 5.74) is 2.64. The fraction of sp³-hybridized carbons (Fsp3) is 0.650. The molecule has 1 heterocycles. The number of halogens is 1. The van der Waals surface area contributed by atoms with Gasteiger partial charge >= 0.3 is 0 Å². The zero-order chi connectivity index (χ0) is 19.0. The third kappa shape index (κ3) is 8.33. The number of ether oxygens (including phenoxy) is 1. The van der Waals surface area contributed by atoms with Gasteiger partial charge in [-0.2, -0.15) is 0 Å². The Hall–Kier alpha value is -0.900. The van der Waals surface area contributed by atoms with E-state index in [1.807, 2.05) is 7.05 Å². The van der Waals surface area contributed by atoms with E-state index in [0.29, 0.717) is 0 Å². The molecule has 0 radical (unpaired) electrons. The molecule has 1 saturated heterocycles. The molecule has 154 valence electrons. The Balaban J connectivity index is 0.00000364. The predicted octanol–water partition coefficient (Wildman–Crippen LogP) is 2.14. The molecule has 27 heavy (non-hydrogen) atoms. The summed E-state index contributed by atoms with van der Waals surface area (Å²) >= 11 is 0. The number of aliphatic imine (C=N–C) groups is 1. The van der Waals surface area contributed by atoms with E-state index in [-0.39, 0.29) is 29.5 Å². The SMILES string of the molecule is CN=C(NCc1ccc(CN(C)C)cc1)NCC(C)(C)N1CCOCC1.I. The standard InChI is InChI=1S/C20H35N5O.HI/c1-20(2,25-10-12-26-13-11-25)16-23-19(21-3)22-14-17-6-8-18(9-7-17)15-24(4)5;/h6-9H,10-16H2,1-5H3,(H2,21,22,23);1H. The first-order chi connectivity index (χ1) is 12.4. The van der Waals surface area contributed by atoms with Crippen LogP contribution in [0.3, 0.4) is 0 Å². The van der Waals surface area contributed by atoms with Gasteiger partial charge in [-0.15, -0.1) is 24.0 Å². The summed E-state index contributed by atoms with van der Waals surface area (Å²) in [6.45, 7) is 10.7. The number of hydrogen-bond acceptors (Lipinski definition) is 4. The average Bonchev–Trinajstić information content (AvgIpc) is 2.63. The van der Waals surface area contributed by atoms with Crippen LogP contribution in [0.2, 0.25) is 0 Å². The second-order valence-electron chi connectivity index (χ2n) is 7.75. The molecule has 0 saturated carbocycles. The van der Waals surface area contributed by atoms with Crippen LogP contribution in [0, 0.1) is 0 Å². The highest BCUT2D eigenvalue weighted by atomic mass is 127. The zero-order valence-electron chi connectivity index (χ0n) is 17.4. The quantitative estimate of drug-likeness (QED) is 0.349. The molecule has 0 spiro atoms. The van der Waals surface area contributed by atoms with E-state index in [4.69, 9.17) is 4.74 Å². The molecule has 1 aromatic rings. The molecule has 1 aromatic carbocycles. The Bertz CT molecular complexity index is 568. The third-order valence-electron chi connectivity index (χ3n) is 4.76. The number of nitrogens with zero attached hydrogens (tertiary/aromatic N) is 3. The fourth-order valence-electron chi connectivity index (χ4n) is 3.11. The highest BCUT2D eigenvalue weighted by molar-refractivity contribution is 14.0. The first-order valence-corrected chi connectivity index (χ1v) is 9.40. The summed E-state index contributed by atoms with van der Waals surface area (Å²) in [5, 5.41) is 6.87. The molecule has 7 heteroatoms. The number of rotatable bonds is 7. The maximum absolute atomic E-state index is 5.46. The number of guanidine groups is 1. The minimum atomic E-state index is 0. The van der Waals surface area contributed by atoms with Gasteiger partial charge in [-0.1, -0.05) is 24.3 Å². The Kier molecular flexibility index (Phi) is 10.6. The van der Waals surface area contributed by atoms with E-state index in [9.17, 15) is 0 Å². The maximum Gasteiger partial charge on any atom is 0.191 e. The van der Waals surface area contributed by atoms with Gasteiger partial charge in [0.15, 0.2) is 5.96 Å². The lowest BCUT2D eigenvalue weighted by atomic mass is 10.0. The van der Waals surface area contributed by atoms with Gasteiger partial charge in [0, 0.05) is 45.3 Å². The molecule has 0 amide bonds. The Labute approximate surface area is 181 Å². The van der Waals surface area contributed by atoms with E-state index in [0.717, 1.165) is 51.9 Å². The van der Waals surface area contributed by atoms with Crippen molar-refractivity contribution in [1.29, 1.82) is 0 Å². The molecule has 2 rings (SSSR count). The van der Waals surface area contributed by atoms with Crippen LogP contribution in [0.4, 0.5) is 0 Å². The molecule has 0 unspecified atom stereocenters. The van der Waals surface area contributed by atoms with Gasteiger partial charge < -0.3 is 20.3 Å². The molecule has 0 bridgehead atoms. The summed E-state index contributed by atoms with van der Waals surface area (Å²) in [6.07, 6.45) is 0. The van der Waals surface area contributed by atoms with Crippen molar-refractivity contribution in [3.63, 3.8) is 0 Å². The van der Waals surface area contributed by atoms with E-state index >= 15 is 0 Å². The molecule has 6 nitrogen and oxygen atoms in total. The minimum Gasteiger partial charge on any atom is -0.379 e. The molecule has 1 aliphatic rings. The molecule has 1 aliphatic heterocycles. The van der Waals surface area contributed by atoms with Crippen LogP contribution in [0.1, 0.15) is 25.0 Å². The van der Waals surface area contributed by atoms with Gasteiger partial charge in [-0.3, -0.25) is 9.89 Å². The lowest BCUT2D eigenvalue weighted by molar-refractivity contribution is -0.00834. The predicted molar refractivity (Wildman–Crippen MR) is 124 cm³/mol. The van der Waals surface area contributed by atoms with Crippen LogP contribution >= 0.6 is 24.0 Å². The molecule has 0 aliphatic carbocycles. The second-order valence-corrected chi connectivity index (χ2v) is 7.75. The summed E-state index contributed by atoms with van der Waals surface area (Å²) in [6, 6.07) is 8.73. The van der Waals surface area contributed by atoms with Gasteiger partial charge in [-0.25, -0.2) is 0 Å². The van der Waals surface area contributed by atoms with Crippen molar-refractivity contribution in [3.05, 3.63) is 35.4 Å². The molecule has 0 atom stereocenters. The van der Waals surface area contributed by atoms with Crippen molar-refractivity contribution in [2.75, 3.05) is 54.0 Å². The molecule has 1 fully saturated rings. The van der Waals surface area contributed by atoms with Crippen molar-refractivity contribution >= 4 is 29.9 Å². The van der Waals surface area contributed by atoms with Crippen molar-refractivity contribution in [2.45, 2.75) is 32.5 Å². The normalized spacial score (nSPS) is 16.1. The van der Waals surface area contributed by atoms with Crippen LogP contribution in [0.5, 0.6) is 0 Å². The number of morpholine rings is 1. The van der Waals surface area contributed by atoms with E-state index in [2.05, 4.69) is 77.6 Å². The topological polar surface area (TPSA) is 52.1 Å². The average molecular weight is 489 g/mol.